The minimum atomic E-state index is -0.607. The van der Waals surface area contributed by atoms with Gasteiger partial charge in [-0.3, -0.25) is 9.59 Å². The summed E-state index contributed by atoms with van der Waals surface area (Å²) in [6, 6.07) is 13.7. The fraction of sp³-hybridized carbons (Fsp3) is 0.130. The number of aromatic nitrogens is 2. The molecule has 166 valence electrons. The molecule has 0 saturated carbocycles. The van der Waals surface area contributed by atoms with Crippen LogP contribution in [0, 0.1) is 6.92 Å². The number of halogens is 1. The van der Waals surface area contributed by atoms with Crippen LogP contribution in [0.25, 0.3) is 15.9 Å². The number of para-hydroxylation sites is 1. The average Bonchev–Trinajstić information content (AvgIpc) is 3.38. The van der Waals surface area contributed by atoms with E-state index in [1.165, 1.54) is 17.4 Å². The fourth-order valence-corrected chi connectivity index (χ4v) is 4.76. The molecule has 0 spiro atoms. The molecule has 3 heterocycles. The summed E-state index contributed by atoms with van der Waals surface area (Å²) in [7, 11) is 0. The number of nitrogens with zero attached hydrogens (tertiary/aromatic N) is 2. The van der Waals surface area contributed by atoms with Gasteiger partial charge < -0.3 is 14.8 Å². The Labute approximate surface area is 196 Å². The zero-order valence-corrected chi connectivity index (χ0v) is 18.8. The Kier molecular flexibility index (Phi) is 5.35. The number of ether oxygens (including phenoxy) is 2. The van der Waals surface area contributed by atoms with Crippen LogP contribution >= 0.6 is 22.9 Å². The molecule has 1 aliphatic rings. The van der Waals surface area contributed by atoms with E-state index in [-0.39, 0.29) is 12.5 Å². The van der Waals surface area contributed by atoms with Crippen LogP contribution in [-0.2, 0) is 9.53 Å². The number of nitrogens with one attached hydrogen (secondary N) is 1. The van der Waals surface area contributed by atoms with Crippen molar-refractivity contribution in [2.24, 2.45) is 0 Å². The molecule has 0 saturated heterocycles. The normalized spacial score (nSPS) is 12.7. The van der Waals surface area contributed by atoms with Crippen LogP contribution in [0.15, 0.2) is 48.5 Å². The quantitative estimate of drug-likeness (QED) is 0.334. The maximum absolute atomic E-state index is 12.7. The molecular weight excluding hydrogens is 466 g/mol. The van der Waals surface area contributed by atoms with Crippen molar-refractivity contribution in [2.45, 2.75) is 6.92 Å². The Hall–Kier alpha value is -3.69. The highest BCUT2D eigenvalue weighted by molar-refractivity contribution is 7.20. The molecule has 4 aromatic rings. The minimum absolute atomic E-state index is 0.0687. The highest BCUT2D eigenvalue weighted by atomic mass is 35.5. The number of amides is 1. The number of rotatable bonds is 5. The second kappa shape index (κ2) is 8.34. The van der Waals surface area contributed by atoms with Crippen LogP contribution in [0.3, 0.4) is 0 Å². The van der Waals surface area contributed by atoms with Crippen LogP contribution in [-0.4, -0.2) is 40.7 Å². The van der Waals surface area contributed by atoms with Crippen molar-refractivity contribution in [3.05, 3.63) is 69.7 Å². The maximum Gasteiger partial charge on any atom is 0.348 e. The van der Waals surface area contributed by atoms with E-state index in [0.717, 1.165) is 15.9 Å². The number of carbonyl (C=O) groups excluding carboxylic acids is 3. The minimum Gasteiger partial charge on any atom is -0.482 e. The largest absolute Gasteiger partial charge is 0.482 e. The number of benzene rings is 2. The van der Waals surface area contributed by atoms with E-state index in [2.05, 4.69) is 10.4 Å². The molecule has 1 N–H and O–H groups in total. The van der Waals surface area contributed by atoms with Gasteiger partial charge in [0, 0.05) is 10.9 Å². The Morgan fingerprint density at radius 2 is 2.06 bits per heavy atom. The van der Waals surface area contributed by atoms with Gasteiger partial charge in [-0.1, -0.05) is 23.7 Å². The van der Waals surface area contributed by atoms with Gasteiger partial charge in [0.1, 0.15) is 15.5 Å². The summed E-state index contributed by atoms with van der Waals surface area (Å²) in [6.07, 6.45) is 0. The highest BCUT2D eigenvalue weighted by Gasteiger charge is 2.21. The van der Waals surface area contributed by atoms with Crippen LogP contribution in [0.5, 0.6) is 5.75 Å². The number of hydrogen-bond acceptors (Lipinski definition) is 7. The van der Waals surface area contributed by atoms with Crippen LogP contribution in [0.2, 0.25) is 5.02 Å². The lowest BCUT2D eigenvalue weighted by Gasteiger charge is -2.18. The third-order valence-electron chi connectivity index (χ3n) is 5.10. The van der Waals surface area contributed by atoms with Crippen molar-refractivity contribution in [2.75, 3.05) is 18.5 Å². The van der Waals surface area contributed by atoms with Gasteiger partial charge in [0.05, 0.1) is 22.1 Å². The van der Waals surface area contributed by atoms with Gasteiger partial charge in [0.2, 0.25) is 0 Å². The van der Waals surface area contributed by atoms with E-state index in [4.69, 9.17) is 21.1 Å². The summed E-state index contributed by atoms with van der Waals surface area (Å²) >= 11 is 7.53. The van der Waals surface area contributed by atoms with E-state index < -0.39 is 18.4 Å². The molecule has 5 rings (SSSR count). The van der Waals surface area contributed by atoms with Gasteiger partial charge >= 0.3 is 5.97 Å². The standard InChI is InChI=1S/C23H16ClN3O5S/c1-12-14-9-20(33-22(14)27(26-12)17-5-3-2-4-15(17)24)23(30)32-10-18(28)13-6-7-19-16(8-13)25-21(29)11-31-19/h2-9H,10-11H2,1H3,(H,25,29). The average molecular weight is 482 g/mol. The molecule has 0 fully saturated rings. The molecule has 0 bridgehead atoms. The van der Waals surface area contributed by atoms with Gasteiger partial charge in [0.25, 0.3) is 5.91 Å². The molecule has 8 nitrogen and oxygen atoms in total. The lowest BCUT2D eigenvalue weighted by molar-refractivity contribution is -0.118. The Balaban J connectivity index is 1.33. The number of esters is 1. The Morgan fingerprint density at radius 1 is 1.24 bits per heavy atom. The summed E-state index contributed by atoms with van der Waals surface area (Å²) in [6.45, 7) is 1.34. The molecule has 0 unspecified atom stereocenters. The molecule has 0 atom stereocenters. The van der Waals surface area contributed by atoms with Gasteiger partial charge in [0.15, 0.2) is 19.0 Å². The zero-order valence-electron chi connectivity index (χ0n) is 17.3. The van der Waals surface area contributed by atoms with Crippen molar-refractivity contribution in [1.29, 1.82) is 0 Å². The molecule has 33 heavy (non-hydrogen) atoms. The van der Waals surface area contributed by atoms with Gasteiger partial charge in [-0.2, -0.15) is 5.10 Å². The summed E-state index contributed by atoms with van der Waals surface area (Å²) in [5.41, 5.74) is 2.16. The summed E-state index contributed by atoms with van der Waals surface area (Å²) in [4.78, 5) is 37.8. The first kappa shape index (κ1) is 21.2. The number of fused-ring (bicyclic) bond motifs is 2. The molecular formula is C23H16ClN3O5S. The number of hydrogen-bond donors (Lipinski definition) is 1. The van der Waals surface area contributed by atoms with Crippen LogP contribution in [0.1, 0.15) is 25.7 Å². The van der Waals surface area contributed by atoms with Gasteiger partial charge in [-0.05, 0) is 43.3 Å². The smallest absolute Gasteiger partial charge is 0.348 e. The predicted molar refractivity (Wildman–Crippen MR) is 124 cm³/mol. The second-order valence-corrected chi connectivity index (χ2v) is 8.76. The van der Waals surface area contributed by atoms with Crippen molar-refractivity contribution in [3.8, 4) is 11.4 Å². The monoisotopic (exact) mass is 481 g/mol. The van der Waals surface area contributed by atoms with E-state index >= 15 is 0 Å². The second-order valence-electron chi connectivity index (χ2n) is 7.33. The predicted octanol–water partition coefficient (Wildman–Crippen LogP) is 4.42. The first-order chi connectivity index (χ1) is 15.9. The molecule has 1 aliphatic heterocycles. The zero-order chi connectivity index (χ0) is 23.1. The number of thiophene rings is 1. The maximum atomic E-state index is 12.7. The number of aryl methyl sites for hydroxylation is 1. The van der Waals surface area contributed by atoms with E-state index in [9.17, 15) is 14.4 Å². The third-order valence-corrected chi connectivity index (χ3v) is 6.51. The number of carbonyl (C=O) groups is 3. The third kappa shape index (κ3) is 3.96. The van der Waals surface area contributed by atoms with Crippen molar-refractivity contribution in [1.82, 2.24) is 9.78 Å². The molecule has 0 aliphatic carbocycles. The van der Waals surface area contributed by atoms with Gasteiger partial charge in [-0.15, -0.1) is 11.3 Å². The summed E-state index contributed by atoms with van der Waals surface area (Å²) in [5.74, 6) is -0.819. The first-order valence-electron chi connectivity index (χ1n) is 9.92. The van der Waals surface area contributed by atoms with Crippen molar-refractivity contribution < 1.29 is 23.9 Å². The summed E-state index contributed by atoms with van der Waals surface area (Å²) < 4.78 is 12.2. The van der Waals surface area contributed by atoms with Crippen LogP contribution in [0.4, 0.5) is 5.69 Å². The SMILES string of the molecule is Cc1nn(-c2ccccc2Cl)c2sc(C(=O)OCC(=O)c3ccc4c(c3)NC(=O)CO4)cc12. The molecule has 2 aromatic carbocycles. The Morgan fingerprint density at radius 3 is 2.88 bits per heavy atom. The number of Topliss-reactive ketones (excluding diaryl/α,β-unsaturated/α-hetero) is 1. The van der Waals surface area contributed by atoms with E-state index in [0.29, 0.717) is 32.6 Å². The van der Waals surface area contributed by atoms with Crippen molar-refractivity contribution in [3.63, 3.8) is 0 Å². The lowest BCUT2D eigenvalue weighted by Crippen LogP contribution is -2.25. The number of ketones is 1. The summed E-state index contributed by atoms with van der Waals surface area (Å²) in [5, 5.41) is 8.53. The van der Waals surface area contributed by atoms with Crippen LogP contribution < -0.4 is 10.1 Å². The van der Waals surface area contributed by atoms with Crippen molar-refractivity contribution >= 4 is 56.5 Å². The van der Waals surface area contributed by atoms with E-state index in [1.807, 2.05) is 25.1 Å². The topological polar surface area (TPSA) is 99.5 Å². The molecule has 2 aromatic heterocycles. The number of anilines is 1. The van der Waals surface area contributed by atoms with Gasteiger partial charge in [-0.25, -0.2) is 9.48 Å². The molecule has 0 radical (unpaired) electrons. The Bertz CT molecular complexity index is 1440. The first-order valence-corrected chi connectivity index (χ1v) is 11.1. The highest BCUT2D eigenvalue weighted by Crippen LogP contribution is 2.33. The lowest BCUT2D eigenvalue weighted by atomic mass is 10.1. The molecule has 1 amide bonds. The van der Waals surface area contributed by atoms with E-state index in [1.54, 1.807) is 28.9 Å². The fourth-order valence-electron chi connectivity index (χ4n) is 3.48. The molecule has 10 heteroatoms.